The van der Waals surface area contributed by atoms with Gasteiger partial charge >= 0.3 is 0 Å². The Balaban J connectivity index is 2.05. The third-order valence-electron chi connectivity index (χ3n) is 3.06. The van der Waals surface area contributed by atoms with Crippen LogP contribution in [0.4, 0.5) is 4.39 Å². The van der Waals surface area contributed by atoms with Crippen LogP contribution >= 0.6 is 23.1 Å². The molecule has 0 aliphatic rings. The molecule has 0 saturated carbocycles. The Bertz CT molecular complexity index is 627. The van der Waals surface area contributed by atoms with E-state index in [-0.39, 0.29) is 18.3 Å². The molecular weight excluding hydrogens is 309 g/mol. The number of thiophene rings is 1. The van der Waals surface area contributed by atoms with E-state index < -0.39 is 5.60 Å². The first-order chi connectivity index (χ1) is 9.94. The van der Waals surface area contributed by atoms with Crippen LogP contribution in [0.15, 0.2) is 40.6 Å². The minimum atomic E-state index is -1.12. The Morgan fingerprint density at radius 2 is 2.24 bits per heavy atom. The third kappa shape index (κ3) is 3.84. The van der Waals surface area contributed by atoms with Crippen molar-refractivity contribution in [3.8, 4) is 0 Å². The number of carbonyl (C=O) groups is 1. The second kappa shape index (κ2) is 6.60. The van der Waals surface area contributed by atoms with E-state index in [4.69, 9.17) is 0 Å². The van der Waals surface area contributed by atoms with Crippen LogP contribution in [0, 0.1) is 5.82 Å². The van der Waals surface area contributed by atoms with Crippen LogP contribution in [0.1, 0.15) is 22.2 Å². The first-order valence-corrected chi connectivity index (χ1v) is 8.42. The number of carbonyl (C=O) groups excluding carboxylic acids is 1. The van der Waals surface area contributed by atoms with Gasteiger partial charge < -0.3 is 10.4 Å². The van der Waals surface area contributed by atoms with Crippen molar-refractivity contribution in [1.82, 2.24) is 5.32 Å². The molecule has 0 fully saturated rings. The maximum absolute atomic E-state index is 13.4. The maximum Gasteiger partial charge on any atom is 0.251 e. The lowest BCUT2D eigenvalue weighted by molar-refractivity contribution is 0.0556. The van der Waals surface area contributed by atoms with Crippen molar-refractivity contribution in [1.29, 1.82) is 0 Å². The summed E-state index contributed by atoms with van der Waals surface area (Å²) in [6.45, 7) is 1.75. The van der Waals surface area contributed by atoms with Crippen LogP contribution in [-0.2, 0) is 5.60 Å². The maximum atomic E-state index is 13.4. The predicted octanol–water partition coefficient (Wildman–Crippen LogP) is 3.25. The average molecular weight is 325 g/mol. The van der Waals surface area contributed by atoms with Gasteiger partial charge in [-0.1, -0.05) is 6.07 Å². The Morgan fingerprint density at radius 1 is 1.48 bits per heavy atom. The van der Waals surface area contributed by atoms with Gasteiger partial charge in [0.1, 0.15) is 11.4 Å². The molecule has 1 aromatic carbocycles. The van der Waals surface area contributed by atoms with Crippen molar-refractivity contribution in [2.24, 2.45) is 0 Å². The summed E-state index contributed by atoms with van der Waals surface area (Å²) in [5.74, 6) is -0.674. The molecular formula is C15H16FNO2S2. The van der Waals surface area contributed by atoms with Crippen molar-refractivity contribution < 1.29 is 14.3 Å². The van der Waals surface area contributed by atoms with E-state index in [1.165, 1.54) is 41.3 Å². The second-order valence-electron chi connectivity index (χ2n) is 4.78. The number of hydrogen-bond acceptors (Lipinski definition) is 4. The zero-order valence-electron chi connectivity index (χ0n) is 11.7. The molecule has 1 unspecified atom stereocenters. The lowest BCUT2D eigenvalue weighted by Gasteiger charge is -2.22. The van der Waals surface area contributed by atoms with Gasteiger partial charge in [-0.15, -0.1) is 23.1 Å². The normalized spacial score (nSPS) is 13.7. The van der Waals surface area contributed by atoms with Gasteiger partial charge in [-0.3, -0.25) is 4.79 Å². The van der Waals surface area contributed by atoms with Gasteiger partial charge in [-0.25, -0.2) is 4.39 Å². The Morgan fingerprint density at radius 3 is 2.86 bits per heavy atom. The predicted molar refractivity (Wildman–Crippen MR) is 84.4 cm³/mol. The van der Waals surface area contributed by atoms with Crippen LogP contribution in [0.5, 0.6) is 0 Å². The smallest absolute Gasteiger partial charge is 0.251 e. The SMILES string of the molecule is CSc1cc(C(=O)NCC(C)(O)c2cccs2)ccc1F. The number of benzene rings is 1. The van der Waals surface area contributed by atoms with E-state index in [0.717, 1.165) is 4.88 Å². The Kier molecular flexibility index (Phi) is 5.03. The molecule has 6 heteroatoms. The Labute approximate surface area is 131 Å². The molecule has 1 heterocycles. The molecule has 1 amide bonds. The summed E-state index contributed by atoms with van der Waals surface area (Å²) in [4.78, 5) is 13.3. The highest BCUT2D eigenvalue weighted by Gasteiger charge is 2.25. The first kappa shape index (κ1) is 16.0. The lowest BCUT2D eigenvalue weighted by atomic mass is 10.1. The van der Waals surface area contributed by atoms with Crippen molar-refractivity contribution in [3.05, 3.63) is 52.0 Å². The fourth-order valence-corrected chi connectivity index (χ4v) is 3.12. The molecule has 0 saturated heterocycles. The highest BCUT2D eigenvalue weighted by Crippen LogP contribution is 2.25. The van der Waals surface area contributed by atoms with E-state index in [0.29, 0.717) is 10.5 Å². The molecule has 21 heavy (non-hydrogen) atoms. The van der Waals surface area contributed by atoms with Crippen LogP contribution < -0.4 is 5.32 Å². The molecule has 0 aliphatic carbocycles. The molecule has 2 aromatic rings. The Hall–Kier alpha value is -1.37. The quantitative estimate of drug-likeness (QED) is 0.830. The molecule has 0 aliphatic heterocycles. The minimum absolute atomic E-state index is 0.0956. The van der Waals surface area contributed by atoms with Crippen LogP contribution in [0.25, 0.3) is 0 Å². The monoisotopic (exact) mass is 325 g/mol. The van der Waals surface area contributed by atoms with Crippen molar-refractivity contribution >= 4 is 29.0 Å². The standard InChI is InChI=1S/C15H16FNO2S2/c1-15(19,13-4-3-7-21-13)9-17-14(18)10-5-6-11(16)12(8-10)20-2/h3-8,19H,9H2,1-2H3,(H,17,18). The van der Waals surface area contributed by atoms with Crippen molar-refractivity contribution in [2.75, 3.05) is 12.8 Å². The molecule has 112 valence electrons. The molecule has 0 radical (unpaired) electrons. The number of halogens is 1. The summed E-state index contributed by atoms with van der Waals surface area (Å²) >= 11 is 2.68. The molecule has 3 nitrogen and oxygen atoms in total. The second-order valence-corrected chi connectivity index (χ2v) is 6.58. The summed E-state index contributed by atoms with van der Waals surface area (Å²) in [7, 11) is 0. The van der Waals surface area contributed by atoms with Gasteiger partial charge in [0.15, 0.2) is 0 Å². The highest BCUT2D eigenvalue weighted by molar-refractivity contribution is 7.98. The summed E-state index contributed by atoms with van der Waals surface area (Å²) in [5, 5.41) is 14.9. The third-order valence-corrected chi connectivity index (χ3v) is 4.93. The van der Waals surface area contributed by atoms with Crippen LogP contribution in [0.2, 0.25) is 0 Å². The van der Waals surface area contributed by atoms with E-state index in [1.807, 2.05) is 17.5 Å². The van der Waals surface area contributed by atoms with Gasteiger partial charge in [-0.2, -0.15) is 0 Å². The largest absolute Gasteiger partial charge is 0.383 e. The molecule has 2 N–H and O–H groups in total. The zero-order chi connectivity index (χ0) is 15.5. The average Bonchev–Trinajstić information content (AvgIpc) is 3.00. The minimum Gasteiger partial charge on any atom is -0.383 e. The van der Waals surface area contributed by atoms with Crippen LogP contribution in [-0.4, -0.2) is 23.8 Å². The summed E-state index contributed by atoms with van der Waals surface area (Å²) in [6, 6.07) is 7.89. The number of aliphatic hydroxyl groups is 1. The topological polar surface area (TPSA) is 49.3 Å². The highest BCUT2D eigenvalue weighted by atomic mass is 32.2. The number of rotatable bonds is 5. The first-order valence-electron chi connectivity index (χ1n) is 6.32. The number of thioether (sulfide) groups is 1. The number of nitrogens with one attached hydrogen (secondary N) is 1. The number of amides is 1. The van der Waals surface area contributed by atoms with E-state index in [2.05, 4.69) is 5.32 Å². The molecule has 0 bridgehead atoms. The molecule has 1 atom stereocenters. The van der Waals surface area contributed by atoms with E-state index >= 15 is 0 Å². The summed E-state index contributed by atoms with van der Waals surface area (Å²) in [6.07, 6.45) is 1.75. The van der Waals surface area contributed by atoms with Gasteiger partial charge in [0.25, 0.3) is 5.91 Å². The van der Waals surface area contributed by atoms with Gasteiger partial charge in [0.05, 0.1) is 6.54 Å². The van der Waals surface area contributed by atoms with Crippen molar-refractivity contribution in [2.45, 2.75) is 17.4 Å². The molecule has 1 aromatic heterocycles. The molecule has 0 spiro atoms. The fraction of sp³-hybridized carbons (Fsp3) is 0.267. The number of hydrogen-bond donors (Lipinski definition) is 2. The lowest BCUT2D eigenvalue weighted by Crippen LogP contribution is -2.38. The van der Waals surface area contributed by atoms with Gasteiger partial charge in [0, 0.05) is 15.3 Å². The summed E-state index contributed by atoms with van der Waals surface area (Å²) in [5.41, 5.74) is -0.741. The van der Waals surface area contributed by atoms with E-state index in [1.54, 1.807) is 13.2 Å². The van der Waals surface area contributed by atoms with Crippen LogP contribution in [0.3, 0.4) is 0 Å². The fourth-order valence-electron chi connectivity index (χ4n) is 1.83. The van der Waals surface area contributed by atoms with E-state index in [9.17, 15) is 14.3 Å². The molecule has 2 rings (SSSR count). The summed E-state index contributed by atoms with van der Waals surface area (Å²) < 4.78 is 13.4. The van der Waals surface area contributed by atoms with Gasteiger partial charge in [0.2, 0.25) is 0 Å². The zero-order valence-corrected chi connectivity index (χ0v) is 13.4. The van der Waals surface area contributed by atoms with Crippen molar-refractivity contribution in [3.63, 3.8) is 0 Å². The van der Waals surface area contributed by atoms with Gasteiger partial charge in [-0.05, 0) is 42.8 Å².